The summed E-state index contributed by atoms with van der Waals surface area (Å²) in [5, 5.41) is 12.2. The highest BCUT2D eigenvalue weighted by atomic mass is 16.4. The second kappa shape index (κ2) is 7.22. The summed E-state index contributed by atoms with van der Waals surface area (Å²) in [6.07, 6.45) is 8.34. The average molecular weight is 277 g/mol. The number of rotatable bonds is 6. The van der Waals surface area contributed by atoms with E-state index in [1.807, 2.05) is 6.92 Å². The van der Waals surface area contributed by atoms with E-state index in [9.17, 15) is 4.79 Å². The van der Waals surface area contributed by atoms with Crippen molar-refractivity contribution < 1.29 is 9.90 Å². The minimum absolute atomic E-state index is 0.142. The first kappa shape index (κ1) is 14.8. The van der Waals surface area contributed by atoms with Crippen molar-refractivity contribution >= 4 is 11.8 Å². The summed E-state index contributed by atoms with van der Waals surface area (Å²) in [5.74, 6) is 0.310. The normalized spacial score (nSPS) is 16.1. The number of nitrogens with zero attached hydrogens (tertiary/aromatic N) is 2. The lowest BCUT2D eigenvalue weighted by Gasteiger charge is -2.16. The molecule has 0 saturated heterocycles. The molecule has 0 fully saturated rings. The first-order valence-electron chi connectivity index (χ1n) is 7.49. The summed E-state index contributed by atoms with van der Waals surface area (Å²) < 4.78 is 0. The van der Waals surface area contributed by atoms with Crippen LogP contribution in [0.2, 0.25) is 0 Å². The first-order valence-corrected chi connectivity index (χ1v) is 7.49. The minimum Gasteiger partial charge on any atom is -0.481 e. The first-order chi connectivity index (χ1) is 9.70. The monoisotopic (exact) mass is 277 g/mol. The molecular formula is C15H23N3O2. The summed E-state index contributed by atoms with van der Waals surface area (Å²) in [6, 6.07) is 0. The van der Waals surface area contributed by atoms with Crippen molar-refractivity contribution in [1.29, 1.82) is 0 Å². The fourth-order valence-electron chi connectivity index (χ4n) is 2.70. The van der Waals surface area contributed by atoms with E-state index in [1.165, 1.54) is 24.8 Å². The van der Waals surface area contributed by atoms with Crippen molar-refractivity contribution in [2.24, 2.45) is 5.92 Å². The van der Waals surface area contributed by atoms with E-state index in [0.29, 0.717) is 6.54 Å². The summed E-state index contributed by atoms with van der Waals surface area (Å²) in [7, 11) is 0. The van der Waals surface area contributed by atoms with Crippen LogP contribution >= 0.6 is 0 Å². The maximum absolute atomic E-state index is 10.8. The Bertz CT molecular complexity index is 462. The molecule has 0 saturated carbocycles. The molecular weight excluding hydrogens is 254 g/mol. The molecule has 0 aliphatic heterocycles. The molecule has 1 heterocycles. The Kier molecular flexibility index (Phi) is 5.32. The molecule has 5 nitrogen and oxygen atoms in total. The number of nitrogens with one attached hydrogen (secondary N) is 1. The van der Waals surface area contributed by atoms with E-state index in [0.717, 1.165) is 30.8 Å². The topological polar surface area (TPSA) is 75.1 Å². The zero-order valence-electron chi connectivity index (χ0n) is 12.1. The predicted octanol–water partition coefficient (Wildman–Crippen LogP) is 2.66. The van der Waals surface area contributed by atoms with Crippen molar-refractivity contribution in [2.75, 3.05) is 11.9 Å². The molecule has 0 radical (unpaired) electrons. The van der Waals surface area contributed by atoms with Crippen LogP contribution in [0.3, 0.4) is 0 Å². The lowest BCUT2D eigenvalue weighted by atomic mass is 10.0. The molecule has 1 aliphatic carbocycles. The molecule has 110 valence electrons. The van der Waals surface area contributed by atoms with Gasteiger partial charge in [0.15, 0.2) is 0 Å². The highest BCUT2D eigenvalue weighted by molar-refractivity contribution is 5.67. The van der Waals surface area contributed by atoms with E-state index >= 15 is 0 Å². The Morgan fingerprint density at radius 3 is 2.90 bits per heavy atom. The van der Waals surface area contributed by atoms with Gasteiger partial charge >= 0.3 is 5.97 Å². The molecule has 1 aliphatic rings. The van der Waals surface area contributed by atoms with E-state index in [2.05, 4.69) is 15.3 Å². The van der Waals surface area contributed by atoms with Crippen molar-refractivity contribution in [1.82, 2.24) is 9.97 Å². The molecule has 1 aromatic heterocycles. The second-order valence-electron chi connectivity index (χ2n) is 5.46. The third-order valence-electron chi connectivity index (χ3n) is 3.97. The quantitative estimate of drug-likeness (QED) is 0.782. The molecule has 0 aromatic carbocycles. The smallest absolute Gasteiger partial charge is 0.303 e. The van der Waals surface area contributed by atoms with Crippen molar-refractivity contribution in [3.63, 3.8) is 0 Å². The number of carboxylic acid groups (broad SMARTS) is 1. The Hall–Kier alpha value is -1.65. The number of anilines is 1. The molecule has 0 amide bonds. The largest absolute Gasteiger partial charge is 0.481 e. The Balaban J connectivity index is 2.04. The molecule has 0 bridgehead atoms. The lowest BCUT2D eigenvalue weighted by Crippen LogP contribution is -2.19. The Morgan fingerprint density at radius 2 is 2.15 bits per heavy atom. The van der Waals surface area contributed by atoms with Gasteiger partial charge in [-0.15, -0.1) is 0 Å². The minimum atomic E-state index is -0.736. The molecule has 1 atom stereocenters. The maximum Gasteiger partial charge on any atom is 0.303 e. The fraction of sp³-hybridized carbons (Fsp3) is 0.667. The van der Waals surface area contributed by atoms with Gasteiger partial charge in [0.1, 0.15) is 12.1 Å². The van der Waals surface area contributed by atoms with Gasteiger partial charge in [-0.1, -0.05) is 19.8 Å². The van der Waals surface area contributed by atoms with E-state index in [1.54, 1.807) is 6.33 Å². The van der Waals surface area contributed by atoms with E-state index in [-0.39, 0.29) is 12.3 Å². The Morgan fingerprint density at radius 1 is 1.35 bits per heavy atom. The zero-order valence-corrected chi connectivity index (χ0v) is 12.1. The molecule has 2 rings (SSSR count). The number of aromatic nitrogens is 2. The number of carbonyl (C=O) groups is 1. The third-order valence-corrected chi connectivity index (χ3v) is 3.97. The van der Waals surface area contributed by atoms with Crippen LogP contribution in [0.4, 0.5) is 5.82 Å². The van der Waals surface area contributed by atoms with Gasteiger partial charge in [-0.2, -0.15) is 0 Å². The van der Waals surface area contributed by atoms with Gasteiger partial charge in [-0.3, -0.25) is 4.79 Å². The molecule has 1 unspecified atom stereocenters. The van der Waals surface area contributed by atoms with Crippen molar-refractivity contribution in [3.05, 3.63) is 17.6 Å². The van der Waals surface area contributed by atoms with Gasteiger partial charge in [-0.25, -0.2) is 9.97 Å². The second-order valence-corrected chi connectivity index (χ2v) is 5.46. The maximum atomic E-state index is 10.8. The number of aliphatic carboxylic acids is 1. The molecule has 0 spiro atoms. The van der Waals surface area contributed by atoms with Crippen LogP contribution in [-0.4, -0.2) is 27.6 Å². The van der Waals surface area contributed by atoms with Gasteiger partial charge in [0.25, 0.3) is 0 Å². The van der Waals surface area contributed by atoms with Crippen LogP contribution in [-0.2, 0) is 17.6 Å². The number of fused-ring (bicyclic) bond motifs is 1. The summed E-state index contributed by atoms with van der Waals surface area (Å²) >= 11 is 0. The zero-order chi connectivity index (χ0) is 14.4. The highest BCUT2D eigenvalue weighted by Gasteiger charge is 2.16. The van der Waals surface area contributed by atoms with Gasteiger partial charge in [-0.05, 0) is 31.6 Å². The lowest BCUT2D eigenvalue weighted by molar-refractivity contribution is -0.138. The predicted molar refractivity (Wildman–Crippen MR) is 77.8 cm³/mol. The van der Waals surface area contributed by atoms with Crippen LogP contribution in [0.5, 0.6) is 0 Å². The third kappa shape index (κ3) is 3.92. The number of carboxylic acids is 1. The van der Waals surface area contributed by atoms with Gasteiger partial charge < -0.3 is 10.4 Å². The van der Waals surface area contributed by atoms with Gasteiger partial charge in [0, 0.05) is 24.2 Å². The van der Waals surface area contributed by atoms with Crippen molar-refractivity contribution in [2.45, 2.75) is 51.9 Å². The summed E-state index contributed by atoms with van der Waals surface area (Å²) in [5.41, 5.74) is 2.39. The van der Waals surface area contributed by atoms with Crippen LogP contribution in [0.15, 0.2) is 6.33 Å². The Labute approximate surface area is 119 Å². The van der Waals surface area contributed by atoms with Crippen LogP contribution in [0, 0.1) is 5.92 Å². The summed E-state index contributed by atoms with van der Waals surface area (Å²) in [6.45, 7) is 2.68. The SMILES string of the molecule is CCC(CNc1ncnc2c1CCCCC2)CC(=O)O. The van der Waals surface area contributed by atoms with E-state index < -0.39 is 5.97 Å². The van der Waals surface area contributed by atoms with Crippen LogP contribution < -0.4 is 5.32 Å². The van der Waals surface area contributed by atoms with Crippen LogP contribution in [0.25, 0.3) is 0 Å². The molecule has 5 heteroatoms. The highest BCUT2D eigenvalue weighted by Crippen LogP contribution is 2.24. The molecule has 1 aromatic rings. The molecule has 2 N–H and O–H groups in total. The molecule has 20 heavy (non-hydrogen) atoms. The number of hydrogen-bond donors (Lipinski definition) is 2. The fourth-order valence-corrected chi connectivity index (χ4v) is 2.70. The van der Waals surface area contributed by atoms with Gasteiger partial charge in [0.2, 0.25) is 0 Å². The standard InChI is InChI=1S/C15H23N3O2/c1-2-11(8-14(19)20)9-16-15-12-6-4-3-5-7-13(12)17-10-18-15/h10-11H,2-9H2,1H3,(H,19,20)(H,16,17,18). The summed E-state index contributed by atoms with van der Waals surface area (Å²) in [4.78, 5) is 19.5. The van der Waals surface area contributed by atoms with Crippen molar-refractivity contribution in [3.8, 4) is 0 Å². The average Bonchev–Trinajstić information content (AvgIpc) is 2.68. The van der Waals surface area contributed by atoms with E-state index in [4.69, 9.17) is 5.11 Å². The van der Waals surface area contributed by atoms with Gasteiger partial charge in [0.05, 0.1) is 0 Å². The van der Waals surface area contributed by atoms with Crippen LogP contribution in [0.1, 0.15) is 50.3 Å². The number of hydrogen-bond acceptors (Lipinski definition) is 4. The number of aryl methyl sites for hydroxylation is 1.